The molecule has 20 heavy (non-hydrogen) atoms. The van der Waals surface area contributed by atoms with Gasteiger partial charge in [-0.05, 0) is 19.8 Å². The van der Waals surface area contributed by atoms with Crippen LogP contribution in [0.5, 0.6) is 0 Å². The van der Waals surface area contributed by atoms with E-state index >= 15 is 0 Å². The molecule has 1 N–H and O–H groups in total. The zero-order chi connectivity index (χ0) is 14.2. The average molecular weight is 278 g/mol. The number of hydrogen-bond donors (Lipinski definition) is 1. The lowest BCUT2D eigenvalue weighted by molar-refractivity contribution is -0.159. The van der Waals surface area contributed by atoms with Gasteiger partial charge in [0.15, 0.2) is 0 Å². The number of rotatable bonds is 2. The van der Waals surface area contributed by atoms with Crippen LogP contribution >= 0.6 is 0 Å². The van der Waals surface area contributed by atoms with E-state index in [9.17, 15) is 4.79 Å². The molecule has 1 amide bonds. The summed E-state index contributed by atoms with van der Waals surface area (Å²) in [5, 5.41) is 3.01. The zero-order valence-corrected chi connectivity index (χ0v) is 12.1. The largest absolute Gasteiger partial charge is 0.363 e. The number of likely N-dealkylation sites (tertiary alicyclic amines) is 1. The van der Waals surface area contributed by atoms with Crippen molar-refractivity contribution in [2.75, 3.05) is 19.7 Å². The lowest BCUT2D eigenvalue weighted by atomic mass is 9.83. The van der Waals surface area contributed by atoms with Gasteiger partial charge in [0.05, 0.1) is 18.2 Å². The van der Waals surface area contributed by atoms with Crippen molar-refractivity contribution >= 4 is 5.91 Å². The van der Waals surface area contributed by atoms with Gasteiger partial charge in [0.1, 0.15) is 12.4 Å². The number of piperidine rings is 1. The van der Waals surface area contributed by atoms with Crippen molar-refractivity contribution in [3.63, 3.8) is 0 Å². The molecule has 2 saturated heterocycles. The van der Waals surface area contributed by atoms with Crippen LogP contribution in [0.1, 0.15) is 25.6 Å². The number of carbonyl (C=O) groups is 1. The molecule has 2 fully saturated rings. The zero-order valence-electron chi connectivity index (χ0n) is 12.1. The van der Waals surface area contributed by atoms with Gasteiger partial charge < -0.3 is 14.6 Å². The van der Waals surface area contributed by atoms with Crippen molar-refractivity contribution < 1.29 is 9.53 Å². The fourth-order valence-electron chi connectivity index (χ4n) is 3.16. The SMILES string of the molecule is C[C@H]1NC(=O)COC12CCN(Cc1nccn1C)CC2. The highest BCUT2D eigenvalue weighted by atomic mass is 16.5. The van der Waals surface area contributed by atoms with Crippen molar-refractivity contribution in [3.8, 4) is 0 Å². The van der Waals surface area contributed by atoms with Crippen LogP contribution in [0.15, 0.2) is 12.4 Å². The number of carbonyl (C=O) groups excluding carboxylic acids is 1. The molecule has 0 unspecified atom stereocenters. The Kier molecular flexibility index (Phi) is 3.52. The molecule has 0 saturated carbocycles. The third-order valence-electron chi connectivity index (χ3n) is 4.65. The molecule has 1 spiro atoms. The van der Waals surface area contributed by atoms with Gasteiger partial charge in [-0.2, -0.15) is 0 Å². The van der Waals surface area contributed by atoms with Gasteiger partial charge in [0, 0.05) is 32.5 Å². The summed E-state index contributed by atoms with van der Waals surface area (Å²) < 4.78 is 7.94. The number of nitrogens with one attached hydrogen (secondary N) is 1. The Labute approximate surface area is 119 Å². The van der Waals surface area contributed by atoms with Crippen molar-refractivity contribution in [3.05, 3.63) is 18.2 Å². The van der Waals surface area contributed by atoms with Crippen LogP contribution in [-0.4, -0.2) is 51.7 Å². The quantitative estimate of drug-likeness (QED) is 0.845. The van der Waals surface area contributed by atoms with E-state index in [-0.39, 0.29) is 24.2 Å². The van der Waals surface area contributed by atoms with Crippen LogP contribution in [0.2, 0.25) is 0 Å². The third kappa shape index (κ3) is 2.45. The highest BCUT2D eigenvalue weighted by Gasteiger charge is 2.44. The number of hydrogen-bond acceptors (Lipinski definition) is 4. The highest BCUT2D eigenvalue weighted by molar-refractivity contribution is 5.78. The minimum Gasteiger partial charge on any atom is -0.363 e. The number of imidazole rings is 1. The fourth-order valence-corrected chi connectivity index (χ4v) is 3.16. The molecule has 0 aliphatic carbocycles. The van der Waals surface area contributed by atoms with Gasteiger partial charge in [0.25, 0.3) is 0 Å². The molecule has 0 radical (unpaired) electrons. The number of aryl methyl sites for hydroxylation is 1. The summed E-state index contributed by atoms with van der Waals surface area (Å²) in [5.74, 6) is 1.09. The number of ether oxygens (including phenoxy) is 1. The second-order valence-corrected chi connectivity index (χ2v) is 5.87. The van der Waals surface area contributed by atoms with Gasteiger partial charge in [-0.1, -0.05) is 0 Å². The van der Waals surface area contributed by atoms with Crippen molar-refractivity contribution in [2.24, 2.45) is 7.05 Å². The number of morpholine rings is 1. The molecule has 6 nitrogen and oxygen atoms in total. The maximum atomic E-state index is 11.4. The molecule has 0 aromatic carbocycles. The maximum absolute atomic E-state index is 11.4. The predicted octanol–water partition coefficient (Wildman–Crippen LogP) is 0.290. The smallest absolute Gasteiger partial charge is 0.246 e. The van der Waals surface area contributed by atoms with E-state index in [4.69, 9.17) is 4.74 Å². The fraction of sp³-hybridized carbons (Fsp3) is 0.714. The standard InChI is InChI=1S/C14H22N4O2/c1-11-14(20-10-13(19)16-11)3-6-18(7-4-14)9-12-15-5-8-17(12)2/h5,8,11H,3-4,6-7,9-10H2,1-2H3,(H,16,19)/t11-/m1/s1. The summed E-state index contributed by atoms with van der Waals surface area (Å²) in [7, 11) is 2.02. The van der Waals surface area contributed by atoms with Gasteiger partial charge in [0.2, 0.25) is 5.91 Å². The molecule has 2 aliphatic heterocycles. The molecule has 0 bridgehead atoms. The molecule has 110 valence electrons. The first kappa shape index (κ1) is 13.6. The second kappa shape index (κ2) is 5.18. The highest BCUT2D eigenvalue weighted by Crippen LogP contribution is 2.32. The Morgan fingerprint density at radius 1 is 1.50 bits per heavy atom. The van der Waals surface area contributed by atoms with Crippen LogP contribution in [-0.2, 0) is 23.1 Å². The van der Waals surface area contributed by atoms with E-state index < -0.39 is 0 Å². The second-order valence-electron chi connectivity index (χ2n) is 5.87. The normalized spacial score (nSPS) is 26.7. The lowest BCUT2D eigenvalue weighted by Gasteiger charge is -2.47. The predicted molar refractivity (Wildman–Crippen MR) is 74.0 cm³/mol. The Morgan fingerprint density at radius 2 is 2.25 bits per heavy atom. The summed E-state index contributed by atoms with van der Waals surface area (Å²) in [5.41, 5.74) is -0.175. The Balaban J connectivity index is 1.59. The molecule has 1 aromatic rings. The van der Waals surface area contributed by atoms with E-state index in [1.165, 1.54) is 0 Å². The molecule has 6 heteroatoms. The molecule has 1 aromatic heterocycles. The van der Waals surface area contributed by atoms with E-state index in [0.29, 0.717) is 0 Å². The monoisotopic (exact) mass is 278 g/mol. The summed E-state index contributed by atoms with van der Waals surface area (Å²) in [4.78, 5) is 18.1. The van der Waals surface area contributed by atoms with Crippen LogP contribution in [0.25, 0.3) is 0 Å². The molecular formula is C14H22N4O2. The minimum absolute atomic E-state index is 0.00133. The van der Waals surface area contributed by atoms with Crippen molar-refractivity contribution in [1.82, 2.24) is 19.8 Å². The van der Waals surface area contributed by atoms with Crippen LogP contribution in [0.3, 0.4) is 0 Å². The molecular weight excluding hydrogens is 256 g/mol. The maximum Gasteiger partial charge on any atom is 0.246 e. The van der Waals surface area contributed by atoms with E-state index in [2.05, 4.69) is 19.8 Å². The van der Waals surface area contributed by atoms with E-state index in [1.807, 2.05) is 26.4 Å². The summed E-state index contributed by atoms with van der Waals surface area (Å²) >= 11 is 0. The number of nitrogens with zero attached hydrogens (tertiary/aromatic N) is 3. The first-order valence-electron chi connectivity index (χ1n) is 7.21. The summed E-state index contributed by atoms with van der Waals surface area (Å²) in [6.07, 6.45) is 5.73. The molecule has 3 rings (SSSR count). The van der Waals surface area contributed by atoms with Crippen LogP contribution < -0.4 is 5.32 Å². The third-order valence-corrected chi connectivity index (χ3v) is 4.65. The topological polar surface area (TPSA) is 59.4 Å². The average Bonchev–Trinajstić information content (AvgIpc) is 2.83. The van der Waals surface area contributed by atoms with Gasteiger partial charge >= 0.3 is 0 Å². The van der Waals surface area contributed by atoms with Gasteiger partial charge in [-0.3, -0.25) is 9.69 Å². The van der Waals surface area contributed by atoms with Gasteiger partial charge in [-0.25, -0.2) is 4.98 Å². The van der Waals surface area contributed by atoms with Crippen molar-refractivity contribution in [1.29, 1.82) is 0 Å². The summed E-state index contributed by atoms with van der Waals surface area (Å²) in [6, 6.07) is 0.0964. The van der Waals surface area contributed by atoms with Crippen molar-refractivity contribution in [2.45, 2.75) is 38.0 Å². The van der Waals surface area contributed by atoms with E-state index in [0.717, 1.165) is 38.3 Å². The molecule has 3 heterocycles. The summed E-state index contributed by atoms with van der Waals surface area (Å²) in [6.45, 7) is 5.08. The number of aromatic nitrogens is 2. The van der Waals surface area contributed by atoms with Crippen LogP contribution in [0, 0.1) is 0 Å². The Morgan fingerprint density at radius 3 is 2.85 bits per heavy atom. The Bertz CT molecular complexity index is 491. The number of amides is 1. The molecule has 1 atom stereocenters. The van der Waals surface area contributed by atoms with Crippen LogP contribution in [0.4, 0.5) is 0 Å². The lowest BCUT2D eigenvalue weighted by Crippen LogP contribution is -2.62. The van der Waals surface area contributed by atoms with E-state index in [1.54, 1.807) is 0 Å². The Hall–Kier alpha value is -1.40. The first-order valence-corrected chi connectivity index (χ1v) is 7.21. The van der Waals surface area contributed by atoms with Gasteiger partial charge in [-0.15, -0.1) is 0 Å². The first-order chi connectivity index (χ1) is 9.59. The molecule has 2 aliphatic rings. The minimum atomic E-state index is -0.175.